The first-order chi connectivity index (χ1) is 6.93. The van der Waals surface area contributed by atoms with E-state index in [1.807, 2.05) is 0 Å². The largest absolute Gasteiger partial charge is 2.00 e. The number of hydrogen-bond acceptors (Lipinski definition) is 8. The molecule has 0 fully saturated rings. The molecule has 18 heavy (non-hydrogen) atoms. The van der Waals surface area contributed by atoms with Gasteiger partial charge < -0.3 is 122 Å². The van der Waals surface area contributed by atoms with Gasteiger partial charge in [0.1, 0.15) is 0 Å². The van der Waals surface area contributed by atoms with Crippen molar-refractivity contribution >= 4 is 117 Å². The van der Waals surface area contributed by atoms with Crippen LogP contribution in [0.5, 0.6) is 0 Å². The Bertz CT molecular complexity index is 175. The van der Waals surface area contributed by atoms with Gasteiger partial charge in [0.15, 0.2) is 0 Å². The van der Waals surface area contributed by atoms with Gasteiger partial charge in [-0.15, -0.1) is 0 Å². The minimum atomic E-state index is 0. The molecule has 0 saturated heterocycles. The fraction of sp³-hybridized carbons (Fsp3) is 0. The van der Waals surface area contributed by atoms with Crippen molar-refractivity contribution in [1.82, 2.24) is 0 Å². The molecule has 14 heteroatoms. The second-order valence-corrected chi connectivity index (χ2v) is 5.83. The molecule has 101 valence electrons. The van der Waals surface area contributed by atoms with E-state index in [0.29, 0.717) is 0 Å². The Morgan fingerprint density at radius 2 is 0.556 bits per heavy atom. The average Bonchev–Trinajstić information content (AvgIpc) is 1.76. The molecule has 0 unspecified atom stereocenters. The Morgan fingerprint density at radius 1 is 0.556 bits per heavy atom. The Morgan fingerprint density at radius 3 is 0.556 bits per heavy atom. The molecule has 8 N–H and O–H groups in total. The summed E-state index contributed by atoms with van der Waals surface area (Å²) < 4.78 is 0.333. The summed E-state index contributed by atoms with van der Waals surface area (Å²) in [6.07, 6.45) is 0. The van der Waals surface area contributed by atoms with Gasteiger partial charge in [-0.2, -0.15) is 0 Å². The molecule has 0 rings (SSSR count). The Kier molecular flexibility index (Phi) is 63.4. The van der Waals surface area contributed by atoms with Crippen LogP contribution in [0.4, 0.5) is 0 Å². The quantitative estimate of drug-likeness (QED) is 0.193. The second kappa shape index (κ2) is 31.1. The zero-order chi connectivity index (χ0) is 14.3. The summed E-state index contributed by atoms with van der Waals surface area (Å²) in [5, 5.41) is 0. The van der Waals surface area contributed by atoms with Gasteiger partial charge in [0.05, 0.1) is 0 Å². The van der Waals surface area contributed by atoms with Crippen LogP contribution in [-0.2, 0) is 87.1 Å². The summed E-state index contributed by atoms with van der Waals surface area (Å²) in [5.41, 5.74) is 18.6. The minimum Gasteiger partial charge on any atom is -0.415 e. The second-order valence-electron chi connectivity index (χ2n) is 1.28. The van der Waals surface area contributed by atoms with E-state index in [4.69, 9.17) is 0 Å². The molecule has 0 aliphatic carbocycles. The summed E-state index contributed by atoms with van der Waals surface area (Å²) in [4.78, 5) is 0. The van der Waals surface area contributed by atoms with Gasteiger partial charge >= 0.3 is 36.5 Å². The van der Waals surface area contributed by atoms with E-state index in [1.54, 1.807) is 0 Å². The molecule has 0 aromatic rings. The summed E-state index contributed by atoms with van der Waals surface area (Å²) in [6, 6.07) is 0. The topological polar surface area (TPSA) is 104 Å². The normalized spacial score (nSPS) is 5.33. The monoisotopic (exact) mass is 487 g/mol. The van der Waals surface area contributed by atoms with Crippen LogP contribution in [0.15, 0.2) is 0 Å². The molecule has 0 spiro atoms. The molecule has 1 radical (unpaired) electrons. The number of hydrogen-bond donors (Lipinski definition) is 4. The van der Waals surface area contributed by atoms with Crippen LogP contribution in [0.25, 0.3) is 0 Å². The first kappa shape index (κ1) is 36.7. The van der Waals surface area contributed by atoms with Crippen molar-refractivity contribution in [1.29, 1.82) is 0 Å². The number of nitrogens with two attached hydrogens (primary N) is 4. The van der Waals surface area contributed by atoms with Gasteiger partial charge in [0, 0.05) is 0 Å². The van der Waals surface area contributed by atoms with Crippen molar-refractivity contribution in [2.45, 2.75) is 0 Å². The van der Waals surface area contributed by atoms with Crippen LogP contribution in [0.1, 0.15) is 0 Å². The van der Waals surface area contributed by atoms with Crippen molar-refractivity contribution in [2.24, 2.45) is 22.9 Å². The van der Waals surface area contributed by atoms with Gasteiger partial charge in [-0.05, 0) is 0 Å². The molecule has 0 aromatic carbocycles. The van der Waals surface area contributed by atoms with Gasteiger partial charge in [0.25, 0.3) is 0 Å². The molecule has 0 saturated carbocycles. The predicted molar refractivity (Wildman–Crippen MR) is 96.6 cm³/mol. The molecule has 0 heterocycles. The average molecular weight is 489 g/mol. The smallest absolute Gasteiger partial charge is 0.415 e. The maximum absolute atomic E-state index is 4.66. The van der Waals surface area contributed by atoms with Crippen molar-refractivity contribution < 1.29 is 36.5 Å². The summed E-state index contributed by atoms with van der Waals surface area (Å²) in [6.45, 7) is 0. The van der Waals surface area contributed by atoms with Gasteiger partial charge in [-0.3, -0.25) is 0 Å². The first-order valence-corrected chi connectivity index (χ1v) is 6.05. The van der Waals surface area contributed by atoms with E-state index < -0.39 is 0 Å². The van der Waals surface area contributed by atoms with Crippen LogP contribution < -0.4 is 22.9 Å². The molecule has 0 amide bonds. The van der Waals surface area contributed by atoms with Crippen LogP contribution in [0.2, 0.25) is 0 Å². The van der Waals surface area contributed by atoms with E-state index >= 15 is 0 Å². The summed E-state index contributed by atoms with van der Waals surface area (Å²) in [7, 11) is 0. The predicted octanol–water partition coefficient (Wildman–Crippen LogP) is -0.897. The Balaban J connectivity index is -0.0000000257. The Labute approximate surface area is 174 Å². The SMILES string of the molecule is NC(=S)[S-].NC(=S)[S-].NC(=S)[S-].NC(=S)[S-].[Mn+2].[Zn+2]. The standard InChI is InChI=1S/4CH3NS2.Mn.Zn/c4*2-1(3)4;;/h4*(H3,2,3,4);;/q;;;;2*+2/p-4. The summed E-state index contributed by atoms with van der Waals surface area (Å²) in [5.74, 6) is 0. The van der Waals surface area contributed by atoms with Crippen LogP contribution in [0.3, 0.4) is 0 Å². The molecule has 0 bridgehead atoms. The molecular weight excluding hydrogens is 481 g/mol. The third kappa shape index (κ3) is 1930. The summed E-state index contributed by atoms with van der Waals surface area (Å²) >= 11 is 33.0. The van der Waals surface area contributed by atoms with Crippen molar-refractivity contribution in [3.05, 3.63) is 0 Å². The van der Waals surface area contributed by atoms with Crippen LogP contribution in [0, 0.1) is 0 Å². The fourth-order valence-electron chi connectivity index (χ4n) is 0. The maximum atomic E-state index is 4.66. The third-order valence-electron chi connectivity index (χ3n) is 0. The number of thiocarbonyl (C=S) groups is 4. The molecule has 0 aromatic heterocycles. The molecule has 0 atom stereocenters. The van der Waals surface area contributed by atoms with Crippen molar-refractivity contribution in [2.75, 3.05) is 0 Å². The minimum absolute atomic E-state index is 0. The van der Waals surface area contributed by atoms with Crippen molar-refractivity contribution in [3.8, 4) is 0 Å². The molecule has 0 aliphatic rings. The van der Waals surface area contributed by atoms with Crippen molar-refractivity contribution in [3.63, 3.8) is 0 Å². The van der Waals surface area contributed by atoms with E-state index in [1.165, 1.54) is 0 Å². The van der Waals surface area contributed by atoms with Gasteiger partial charge in [-0.25, -0.2) is 0 Å². The Hall–Kier alpha value is 1.58. The van der Waals surface area contributed by atoms with E-state index in [9.17, 15) is 0 Å². The van der Waals surface area contributed by atoms with E-state index in [-0.39, 0.29) is 53.8 Å². The van der Waals surface area contributed by atoms with Gasteiger partial charge in [0.2, 0.25) is 0 Å². The van der Waals surface area contributed by atoms with E-state index in [0.717, 1.165) is 0 Å². The van der Waals surface area contributed by atoms with Crippen LogP contribution >= 0.6 is 48.9 Å². The number of rotatable bonds is 0. The molecule has 4 nitrogen and oxygen atoms in total. The molecule has 0 aliphatic heterocycles. The van der Waals surface area contributed by atoms with Gasteiger partial charge in [-0.1, -0.05) is 17.3 Å². The third-order valence-corrected chi connectivity index (χ3v) is 0. The van der Waals surface area contributed by atoms with Crippen LogP contribution in [-0.4, -0.2) is 17.3 Å². The maximum Gasteiger partial charge on any atom is 2.00 e. The zero-order valence-electron chi connectivity index (χ0n) is 8.66. The molecular formula is C4H8MnN4S8Zn. The zero-order valence-corrected chi connectivity index (χ0v) is 19.3. The first-order valence-electron chi connectivity index (χ1n) is 2.79. The fourth-order valence-corrected chi connectivity index (χ4v) is 0. The van der Waals surface area contributed by atoms with E-state index in [2.05, 4.69) is 122 Å².